The van der Waals surface area contributed by atoms with E-state index in [2.05, 4.69) is 14.9 Å². The van der Waals surface area contributed by atoms with E-state index in [9.17, 15) is 33.3 Å². The molecule has 1 aromatic heterocycles. The Kier molecular flexibility index (Phi) is 4.65. The van der Waals surface area contributed by atoms with Crippen molar-refractivity contribution >= 4 is 28.8 Å². The Bertz CT molecular complexity index is 1110. The molecular weight excluding hydrogens is 387 g/mol. The molecule has 3 rings (SSSR count). The summed E-state index contributed by atoms with van der Waals surface area (Å²) in [6.07, 6.45) is -3.84. The number of nitrogens with one attached hydrogen (secondary N) is 1. The maximum absolute atomic E-state index is 13.0. The number of aromatic nitrogens is 2. The van der Waals surface area contributed by atoms with Gasteiger partial charge in [-0.15, -0.1) is 0 Å². The van der Waals surface area contributed by atoms with E-state index in [-0.39, 0.29) is 15.9 Å². The van der Waals surface area contributed by atoms with Gasteiger partial charge in [0.25, 0.3) is 11.6 Å². The van der Waals surface area contributed by atoms with Crippen molar-refractivity contribution < 1.29 is 32.4 Å². The smallest absolute Gasteiger partial charge is 0.359 e. The minimum atomic E-state index is -5.01. The van der Waals surface area contributed by atoms with Gasteiger partial charge >= 0.3 is 6.18 Å². The zero-order valence-corrected chi connectivity index (χ0v) is 13.5. The fraction of sp³-hybridized carbons (Fsp3) is 0.0667. The maximum atomic E-state index is 13.0. The zero-order chi connectivity index (χ0) is 20.5. The lowest BCUT2D eigenvalue weighted by molar-refractivity contribution is -0.782. The van der Waals surface area contributed by atoms with E-state index < -0.39 is 33.8 Å². The number of carbonyl (C=O) groups excluding carboxylic acids is 1. The molecule has 0 radical (unpaired) electrons. The molecule has 0 fully saturated rings. The van der Waals surface area contributed by atoms with Crippen molar-refractivity contribution in [3.05, 3.63) is 68.4 Å². The first-order valence-electron chi connectivity index (χ1n) is 7.35. The maximum Gasteiger partial charge on any atom is 0.423 e. The summed E-state index contributed by atoms with van der Waals surface area (Å²) in [6, 6.07) is 6.14. The van der Waals surface area contributed by atoms with E-state index in [1.807, 2.05) is 5.43 Å². The van der Waals surface area contributed by atoms with E-state index in [1.54, 1.807) is 0 Å². The van der Waals surface area contributed by atoms with Crippen LogP contribution in [0.5, 0.6) is 0 Å². The van der Waals surface area contributed by atoms with Gasteiger partial charge in [0.1, 0.15) is 5.56 Å². The summed E-state index contributed by atoms with van der Waals surface area (Å²) >= 11 is 0. The number of nitro benzene ring substituents is 1. The van der Waals surface area contributed by atoms with E-state index in [1.165, 1.54) is 18.2 Å². The van der Waals surface area contributed by atoms with Crippen LogP contribution < -0.4 is 10.3 Å². The minimum absolute atomic E-state index is 0.173. The summed E-state index contributed by atoms with van der Waals surface area (Å²) in [7, 11) is 0. The Morgan fingerprint density at radius 2 is 2.04 bits per heavy atom. The molecule has 0 saturated carbocycles. The fourth-order valence-electron chi connectivity index (χ4n) is 2.27. The van der Waals surface area contributed by atoms with Gasteiger partial charge in [0.05, 0.1) is 11.1 Å². The number of halogens is 3. The highest BCUT2D eigenvalue weighted by atomic mass is 19.4. The third-order valence-corrected chi connectivity index (χ3v) is 3.55. The first kappa shape index (κ1) is 18.8. The fourth-order valence-corrected chi connectivity index (χ4v) is 2.27. The Hall–Kier alpha value is -4.03. The molecule has 2 aromatic carbocycles. The van der Waals surface area contributed by atoms with Crippen LogP contribution in [-0.4, -0.2) is 22.2 Å². The highest BCUT2D eigenvalue weighted by Crippen LogP contribution is 2.36. The number of amides is 1. The number of alkyl halides is 3. The van der Waals surface area contributed by atoms with E-state index >= 15 is 0 Å². The monoisotopic (exact) mass is 395 g/mol. The zero-order valence-electron chi connectivity index (χ0n) is 13.5. The predicted molar refractivity (Wildman–Crippen MR) is 86.1 cm³/mol. The molecule has 0 saturated heterocycles. The summed E-state index contributed by atoms with van der Waals surface area (Å²) in [4.78, 5) is 21.7. The van der Waals surface area contributed by atoms with E-state index in [0.717, 1.165) is 12.3 Å². The molecular formula is C15H8F3N5O5. The molecule has 0 aliphatic rings. The Morgan fingerprint density at radius 3 is 2.71 bits per heavy atom. The number of carbonyl (C=O) groups is 1. The van der Waals surface area contributed by atoms with Crippen molar-refractivity contribution in [1.82, 2.24) is 10.6 Å². The molecule has 13 heteroatoms. The molecule has 1 N–H and O–H groups in total. The van der Waals surface area contributed by atoms with Gasteiger partial charge in [-0.2, -0.15) is 18.3 Å². The van der Waals surface area contributed by atoms with E-state index in [0.29, 0.717) is 17.7 Å². The normalized spacial score (nSPS) is 11.8. The lowest BCUT2D eigenvalue weighted by Gasteiger charge is -2.08. The van der Waals surface area contributed by atoms with Crippen LogP contribution >= 0.6 is 0 Å². The summed E-state index contributed by atoms with van der Waals surface area (Å²) in [5.41, 5.74) is -0.338. The van der Waals surface area contributed by atoms with Crippen molar-refractivity contribution in [3.8, 4) is 0 Å². The number of rotatable bonds is 4. The van der Waals surface area contributed by atoms with E-state index in [4.69, 9.17) is 0 Å². The highest BCUT2D eigenvalue weighted by Gasteiger charge is 2.38. The molecule has 0 spiro atoms. The van der Waals surface area contributed by atoms with Crippen molar-refractivity contribution in [3.63, 3.8) is 0 Å². The number of nitro groups is 1. The first-order chi connectivity index (χ1) is 13.2. The Labute approximate surface area is 152 Å². The molecule has 0 aliphatic carbocycles. The predicted octanol–water partition coefficient (Wildman–Crippen LogP) is 2.15. The van der Waals surface area contributed by atoms with Crippen molar-refractivity contribution in [2.75, 3.05) is 0 Å². The van der Waals surface area contributed by atoms with Gasteiger partial charge in [-0.25, -0.2) is 5.43 Å². The molecule has 0 bridgehead atoms. The molecule has 1 heterocycles. The molecule has 144 valence electrons. The largest absolute Gasteiger partial charge is 0.423 e. The van der Waals surface area contributed by atoms with Crippen LogP contribution in [0.2, 0.25) is 0 Å². The number of nitrogens with zero attached hydrogens (tertiary/aromatic N) is 4. The second-order valence-corrected chi connectivity index (χ2v) is 5.36. The lowest BCUT2D eigenvalue weighted by atomic mass is 10.1. The molecule has 0 unspecified atom stereocenters. The number of hydrazone groups is 1. The van der Waals surface area contributed by atoms with Gasteiger partial charge < -0.3 is 5.21 Å². The summed E-state index contributed by atoms with van der Waals surface area (Å²) in [5.74, 6) is -1.00. The molecule has 10 nitrogen and oxygen atoms in total. The topological polar surface area (TPSA) is 138 Å². The van der Waals surface area contributed by atoms with Gasteiger partial charge in [-0.1, -0.05) is 0 Å². The number of fused-ring (bicyclic) bond motifs is 1. The van der Waals surface area contributed by atoms with Gasteiger partial charge in [0.2, 0.25) is 11.0 Å². The Balaban J connectivity index is 1.78. The molecule has 28 heavy (non-hydrogen) atoms. The van der Waals surface area contributed by atoms with Gasteiger partial charge in [-0.05, 0) is 34.7 Å². The quantitative estimate of drug-likeness (QED) is 0.311. The van der Waals surface area contributed by atoms with Crippen molar-refractivity contribution in [2.24, 2.45) is 5.10 Å². The number of hydrogen-bond donors (Lipinski definition) is 1. The third kappa shape index (κ3) is 3.72. The Morgan fingerprint density at radius 1 is 1.29 bits per heavy atom. The third-order valence-electron chi connectivity index (χ3n) is 3.55. The first-order valence-corrected chi connectivity index (χ1v) is 7.35. The summed E-state index contributed by atoms with van der Waals surface area (Å²) < 4.78 is 43.2. The minimum Gasteiger partial charge on any atom is -0.359 e. The molecule has 3 aromatic rings. The number of hydrogen-bond acceptors (Lipinski definition) is 7. The van der Waals surface area contributed by atoms with Crippen molar-refractivity contribution in [1.29, 1.82) is 0 Å². The van der Waals surface area contributed by atoms with Crippen LogP contribution in [0.3, 0.4) is 0 Å². The average molecular weight is 395 g/mol. The van der Waals surface area contributed by atoms with Gasteiger partial charge in [0.15, 0.2) is 0 Å². The van der Waals surface area contributed by atoms with Gasteiger partial charge in [0, 0.05) is 22.9 Å². The highest BCUT2D eigenvalue weighted by molar-refractivity contribution is 5.95. The van der Waals surface area contributed by atoms with Crippen LogP contribution in [0.4, 0.5) is 18.9 Å². The molecule has 1 amide bonds. The SMILES string of the molecule is O=C(N/N=C/c1ccc2c(c1)no[n+]2[O-])c1ccc([N+](=O)[O-])c(C(F)(F)F)c1. The van der Waals surface area contributed by atoms with Gasteiger partial charge in [-0.3, -0.25) is 19.5 Å². The molecule has 0 atom stereocenters. The number of benzene rings is 2. The van der Waals surface area contributed by atoms with Crippen LogP contribution in [0.25, 0.3) is 11.0 Å². The van der Waals surface area contributed by atoms with Crippen LogP contribution in [-0.2, 0) is 6.18 Å². The average Bonchev–Trinajstić information content (AvgIpc) is 3.00. The van der Waals surface area contributed by atoms with Crippen LogP contribution in [0.1, 0.15) is 21.5 Å². The molecule has 0 aliphatic heterocycles. The van der Waals surface area contributed by atoms with Crippen LogP contribution in [0.15, 0.2) is 46.1 Å². The second kappa shape index (κ2) is 6.94. The second-order valence-electron chi connectivity index (χ2n) is 5.36. The van der Waals surface area contributed by atoms with Crippen molar-refractivity contribution in [2.45, 2.75) is 6.18 Å². The summed E-state index contributed by atoms with van der Waals surface area (Å²) in [6.45, 7) is 0. The summed E-state index contributed by atoms with van der Waals surface area (Å²) in [5, 5.41) is 29.0. The van der Waals surface area contributed by atoms with Crippen LogP contribution in [0, 0.1) is 15.3 Å². The lowest BCUT2D eigenvalue weighted by Crippen LogP contribution is -2.22. The standard InChI is InChI=1S/C15H8F3N5O5/c16-15(17,18)10-6-9(2-4-12(10)22(25)26)14(24)20-19-7-8-1-3-13-11(5-8)21-28-23(13)27/h1-7H,(H,20,24)/b19-7+.